The van der Waals surface area contributed by atoms with Crippen LogP contribution in [-0.2, 0) is 0 Å². The summed E-state index contributed by atoms with van der Waals surface area (Å²) in [5.41, 5.74) is 6.61. The van der Waals surface area contributed by atoms with Crippen LogP contribution in [0, 0.1) is 0 Å². The van der Waals surface area contributed by atoms with Crippen LogP contribution < -0.4 is 11.1 Å². The Morgan fingerprint density at radius 3 is 2.67 bits per heavy atom. The van der Waals surface area contributed by atoms with E-state index in [9.17, 15) is 0 Å². The minimum absolute atomic E-state index is 0.493. The van der Waals surface area contributed by atoms with Crippen LogP contribution in [0.2, 0.25) is 5.02 Å². The Labute approximate surface area is 134 Å². The average molecular weight is 336 g/mol. The number of anilines is 3. The second kappa shape index (κ2) is 6.30. The van der Waals surface area contributed by atoms with Crippen LogP contribution in [0.4, 0.5) is 16.6 Å². The molecule has 1 aromatic carbocycles. The smallest absolute Gasteiger partial charge is 0.188 e. The lowest BCUT2D eigenvalue weighted by Gasteiger charge is -2.09. The van der Waals surface area contributed by atoms with E-state index >= 15 is 0 Å². The Kier molecular flexibility index (Phi) is 4.23. The normalized spacial score (nSPS) is 10.5. The molecule has 0 unspecified atom stereocenters. The van der Waals surface area contributed by atoms with E-state index in [1.54, 1.807) is 6.20 Å². The Hall–Kier alpha value is -1.83. The Morgan fingerprint density at radius 1 is 1.14 bits per heavy atom. The molecule has 0 aliphatic carbocycles. The van der Waals surface area contributed by atoms with Crippen molar-refractivity contribution < 1.29 is 0 Å². The summed E-state index contributed by atoms with van der Waals surface area (Å²) in [6, 6.07) is 7.50. The maximum absolute atomic E-state index is 6.12. The van der Waals surface area contributed by atoms with Gasteiger partial charge in [0.25, 0.3) is 0 Å². The maximum Gasteiger partial charge on any atom is 0.188 e. The molecule has 3 aromatic rings. The summed E-state index contributed by atoms with van der Waals surface area (Å²) in [4.78, 5) is 13.5. The summed E-state index contributed by atoms with van der Waals surface area (Å²) >= 11 is 8.81. The quantitative estimate of drug-likeness (QED) is 0.700. The van der Waals surface area contributed by atoms with Crippen LogP contribution in [0.5, 0.6) is 0 Å². The number of nitrogens with two attached hydrogens (primary N) is 1. The average Bonchev–Trinajstić information content (AvgIpc) is 2.99. The van der Waals surface area contributed by atoms with Crippen molar-refractivity contribution in [2.24, 2.45) is 0 Å². The molecule has 0 fully saturated rings. The van der Waals surface area contributed by atoms with Crippen LogP contribution >= 0.6 is 34.7 Å². The van der Waals surface area contributed by atoms with E-state index in [0.29, 0.717) is 21.6 Å². The van der Waals surface area contributed by atoms with Gasteiger partial charge in [0.05, 0.1) is 0 Å². The van der Waals surface area contributed by atoms with Crippen molar-refractivity contribution >= 4 is 51.3 Å². The second-order valence-electron chi connectivity index (χ2n) is 3.96. The molecule has 106 valence electrons. The maximum atomic E-state index is 6.12. The molecule has 5 nitrogen and oxygen atoms in total. The summed E-state index contributed by atoms with van der Waals surface area (Å²) in [7, 11) is 0. The molecule has 8 heteroatoms. The summed E-state index contributed by atoms with van der Waals surface area (Å²) < 4.78 is 0. The van der Waals surface area contributed by atoms with Gasteiger partial charge in [-0.2, -0.15) is 0 Å². The van der Waals surface area contributed by atoms with E-state index in [4.69, 9.17) is 17.3 Å². The van der Waals surface area contributed by atoms with Crippen molar-refractivity contribution in [1.82, 2.24) is 15.0 Å². The highest BCUT2D eigenvalue weighted by Gasteiger charge is 2.10. The number of thiazole rings is 1. The molecular formula is C13H10ClN5S2. The predicted molar refractivity (Wildman–Crippen MR) is 87.4 cm³/mol. The fraction of sp³-hybridized carbons (Fsp3) is 0. The van der Waals surface area contributed by atoms with Gasteiger partial charge in [0, 0.05) is 21.5 Å². The highest BCUT2D eigenvalue weighted by atomic mass is 35.5. The number of hydrogen-bond donors (Lipinski definition) is 2. The van der Waals surface area contributed by atoms with Crippen LogP contribution in [0.3, 0.4) is 0 Å². The summed E-state index contributed by atoms with van der Waals surface area (Å²) in [5, 5.41) is 7.08. The molecule has 0 atom stereocenters. The third kappa shape index (κ3) is 3.44. The van der Waals surface area contributed by atoms with Gasteiger partial charge in [0.15, 0.2) is 10.9 Å². The van der Waals surface area contributed by atoms with Crippen molar-refractivity contribution in [2.75, 3.05) is 11.1 Å². The lowest BCUT2D eigenvalue weighted by Crippen LogP contribution is -2.02. The zero-order valence-electron chi connectivity index (χ0n) is 10.7. The highest BCUT2D eigenvalue weighted by Crippen LogP contribution is 2.34. The van der Waals surface area contributed by atoms with Crippen molar-refractivity contribution in [1.29, 1.82) is 0 Å². The van der Waals surface area contributed by atoms with E-state index in [-0.39, 0.29) is 0 Å². The van der Waals surface area contributed by atoms with Crippen molar-refractivity contribution in [3.05, 3.63) is 47.2 Å². The second-order valence-corrected chi connectivity index (χ2v) is 6.35. The van der Waals surface area contributed by atoms with Gasteiger partial charge < -0.3 is 11.1 Å². The third-order valence-electron chi connectivity index (χ3n) is 2.53. The van der Waals surface area contributed by atoms with Crippen molar-refractivity contribution in [3.8, 4) is 0 Å². The monoisotopic (exact) mass is 335 g/mol. The Balaban J connectivity index is 1.84. The van der Waals surface area contributed by atoms with E-state index in [0.717, 1.165) is 10.0 Å². The molecule has 2 aromatic heterocycles. The minimum atomic E-state index is 0.493. The van der Waals surface area contributed by atoms with Gasteiger partial charge in [-0.25, -0.2) is 15.0 Å². The molecule has 3 rings (SSSR count). The molecule has 0 saturated heterocycles. The molecule has 2 heterocycles. The zero-order valence-corrected chi connectivity index (χ0v) is 13.0. The topological polar surface area (TPSA) is 76.7 Å². The summed E-state index contributed by atoms with van der Waals surface area (Å²) in [6.45, 7) is 0. The molecular weight excluding hydrogens is 326 g/mol. The standard InChI is InChI=1S/C13H10ClN5S2/c14-8-1-3-9(4-2-8)21-12-10(15)11(17-7-18-12)19-13-16-5-6-20-13/h1-7H,15H2,(H,16,17,18,19). The SMILES string of the molecule is Nc1c(Nc2nccs2)ncnc1Sc1ccc(Cl)cc1. The highest BCUT2D eigenvalue weighted by molar-refractivity contribution is 7.99. The number of aromatic nitrogens is 3. The molecule has 0 aliphatic rings. The van der Waals surface area contributed by atoms with Crippen LogP contribution in [0.25, 0.3) is 0 Å². The first-order chi connectivity index (χ1) is 10.2. The van der Waals surface area contributed by atoms with E-state index < -0.39 is 0 Å². The number of nitrogens with zero attached hydrogens (tertiary/aromatic N) is 3. The van der Waals surface area contributed by atoms with Crippen LogP contribution in [0.15, 0.2) is 52.1 Å². The first-order valence-corrected chi connectivity index (χ1v) is 8.00. The number of nitrogens with one attached hydrogen (secondary N) is 1. The zero-order chi connectivity index (χ0) is 14.7. The fourth-order valence-electron chi connectivity index (χ4n) is 1.56. The van der Waals surface area contributed by atoms with Gasteiger partial charge in [-0.3, -0.25) is 0 Å². The van der Waals surface area contributed by atoms with Crippen molar-refractivity contribution in [3.63, 3.8) is 0 Å². The van der Waals surface area contributed by atoms with Crippen LogP contribution in [-0.4, -0.2) is 15.0 Å². The fourth-order valence-corrected chi connectivity index (χ4v) is 3.02. The molecule has 0 radical (unpaired) electrons. The summed E-state index contributed by atoms with van der Waals surface area (Å²) in [6.07, 6.45) is 3.19. The predicted octanol–water partition coefficient (Wildman–Crippen LogP) is 4.06. The van der Waals surface area contributed by atoms with E-state index in [2.05, 4.69) is 20.3 Å². The van der Waals surface area contributed by atoms with Gasteiger partial charge in [-0.1, -0.05) is 23.4 Å². The molecule has 0 spiro atoms. The lowest BCUT2D eigenvalue weighted by molar-refractivity contribution is 1.06. The number of halogens is 1. The van der Waals surface area contributed by atoms with Gasteiger partial charge in [-0.05, 0) is 24.3 Å². The third-order valence-corrected chi connectivity index (χ3v) is 4.50. The molecule has 0 aliphatic heterocycles. The number of nitrogen functional groups attached to an aromatic ring is 1. The number of rotatable bonds is 4. The molecule has 0 amide bonds. The molecule has 21 heavy (non-hydrogen) atoms. The van der Waals surface area contributed by atoms with Gasteiger partial charge in [0.1, 0.15) is 17.0 Å². The largest absolute Gasteiger partial charge is 0.394 e. The minimum Gasteiger partial charge on any atom is -0.394 e. The van der Waals surface area contributed by atoms with Crippen molar-refractivity contribution in [2.45, 2.75) is 9.92 Å². The Bertz CT molecular complexity index is 731. The van der Waals surface area contributed by atoms with Crippen LogP contribution in [0.1, 0.15) is 0 Å². The number of benzene rings is 1. The van der Waals surface area contributed by atoms with Gasteiger partial charge in [-0.15, -0.1) is 11.3 Å². The molecule has 3 N–H and O–H groups in total. The van der Waals surface area contributed by atoms with E-state index in [1.165, 1.54) is 29.4 Å². The molecule has 0 saturated carbocycles. The Morgan fingerprint density at radius 2 is 1.95 bits per heavy atom. The first kappa shape index (κ1) is 14.1. The van der Waals surface area contributed by atoms with E-state index in [1.807, 2.05) is 29.6 Å². The summed E-state index contributed by atoms with van der Waals surface area (Å²) in [5.74, 6) is 0.552. The first-order valence-electron chi connectivity index (χ1n) is 5.93. The molecule has 0 bridgehead atoms. The lowest BCUT2D eigenvalue weighted by atomic mass is 10.4. The number of hydrogen-bond acceptors (Lipinski definition) is 7. The van der Waals surface area contributed by atoms with Gasteiger partial charge in [0.2, 0.25) is 0 Å². The van der Waals surface area contributed by atoms with Gasteiger partial charge >= 0.3 is 0 Å².